The fourth-order valence-corrected chi connectivity index (χ4v) is 1.12. The molecule has 0 heterocycles. The Balaban J connectivity index is 4.68. The standard InChI is InChI=1S/C11H19NO3/c1-5-7-12(8-9(13)14)10(15)11(3,4)6-2/h5H,1,6-8H2,2-4H3,(H,13,14). The molecule has 0 aromatic carbocycles. The highest BCUT2D eigenvalue weighted by Gasteiger charge is 2.30. The van der Waals surface area contributed by atoms with Crippen molar-refractivity contribution in [2.24, 2.45) is 5.41 Å². The molecular formula is C11H19NO3. The van der Waals surface area contributed by atoms with Crippen LogP contribution in [-0.2, 0) is 9.59 Å². The van der Waals surface area contributed by atoms with Gasteiger partial charge in [-0.05, 0) is 6.42 Å². The molecule has 4 heteroatoms. The normalized spacial score (nSPS) is 10.9. The van der Waals surface area contributed by atoms with E-state index in [2.05, 4.69) is 6.58 Å². The molecule has 0 aliphatic carbocycles. The summed E-state index contributed by atoms with van der Waals surface area (Å²) in [6.07, 6.45) is 2.21. The quantitative estimate of drug-likeness (QED) is 0.680. The van der Waals surface area contributed by atoms with Gasteiger partial charge in [-0.15, -0.1) is 6.58 Å². The van der Waals surface area contributed by atoms with Crippen LogP contribution in [0.15, 0.2) is 12.7 Å². The Hall–Kier alpha value is -1.32. The van der Waals surface area contributed by atoms with Gasteiger partial charge < -0.3 is 10.0 Å². The van der Waals surface area contributed by atoms with Crippen LogP contribution in [0, 0.1) is 5.41 Å². The largest absolute Gasteiger partial charge is 0.480 e. The van der Waals surface area contributed by atoms with E-state index in [1.54, 1.807) is 0 Å². The van der Waals surface area contributed by atoms with E-state index >= 15 is 0 Å². The maximum absolute atomic E-state index is 11.9. The first kappa shape index (κ1) is 13.7. The van der Waals surface area contributed by atoms with Gasteiger partial charge in [-0.25, -0.2) is 0 Å². The summed E-state index contributed by atoms with van der Waals surface area (Å²) in [4.78, 5) is 23.8. The summed E-state index contributed by atoms with van der Waals surface area (Å²) < 4.78 is 0. The molecule has 0 aromatic rings. The van der Waals surface area contributed by atoms with E-state index in [-0.39, 0.29) is 19.0 Å². The van der Waals surface area contributed by atoms with Crippen LogP contribution in [0.25, 0.3) is 0 Å². The Labute approximate surface area is 90.6 Å². The van der Waals surface area contributed by atoms with Crippen molar-refractivity contribution >= 4 is 11.9 Å². The number of hydrogen-bond acceptors (Lipinski definition) is 2. The minimum Gasteiger partial charge on any atom is -0.480 e. The molecule has 0 radical (unpaired) electrons. The third-order valence-corrected chi connectivity index (χ3v) is 2.43. The summed E-state index contributed by atoms with van der Waals surface area (Å²) in [6.45, 7) is 9.05. The Kier molecular flexibility index (Phi) is 5.05. The molecule has 0 unspecified atom stereocenters. The number of carboxylic acid groups (broad SMARTS) is 1. The van der Waals surface area contributed by atoms with E-state index in [1.807, 2.05) is 20.8 Å². The first-order valence-electron chi connectivity index (χ1n) is 4.97. The minimum absolute atomic E-state index is 0.146. The summed E-state index contributed by atoms with van der Waals surface area (Å²) in [5.74, 6) is -1.15. The van der Waals surface area contributed by atoms with E-state index in [9.17, 15) is 9.59 Å². The molecule has 0 aliphatic heterocycles. The van der Waals surface area contributed by atoms with Gasteiger partial charge in [0.2, 0.25) is 5.91 Å². The van der Waals surface area contributed by atoms with Gasteiger partial charge in [0.05, 0.1) is 0 Å². The van der Waals surface area contributed by atoms with Gasteiger partial charge in [-0.1, -0.05) is 26.8 Å². The number of nitrogens with zero attached hydrogens (tertiary/aromatic N) is 1. The summed E-state index contributed by atoms with van der Waals surface area (Å²) in [5, 5.41) is 8.67. The Bertz CT molecular complexity index is 259. The first-order chi connectivity index (χ1) is 6.85. The van der Waals surface area contributed by atoms with Crippen molar-refractivity contribution in [3.05, 3.63) is 12.7 Å². The molecule has 0 atom stereocenters. The second-order valence-corrected chi connectivity index (χ2v) is 4.11. The van der Waals surface area contributed by atoms with Crippen LogP contribution < -0.4 is 0 Å². The topological polar surface area (TPSA) is 57.6 Å². The fraction of sp³-hybridized carbons (Fsp3) is 0.636. The zero-order valence-electron chi connectivity index (χ0n) is 9.62. The molecular weight excluding hydrogens is 194 g/mol. The van der Waals surface area contributed by atoms with Gasteiger partial charge in [-0.2, -0.15) is 0 Å². The lowest BCUT2D eigenvalue weighted by atomic mass is 9.88. The predicted octanol–water partition coefficient (Wildman–Crippen LogP) is 1.52. The lowest BCUT2D eigenvalue weighted by molar-refractivity contribution is -0.148. The van der Waals surface area contributed by atoms with Crippen LogP contribution in [0.2, 0.25) is 0 Å². The molecule has 15 heavy (non-hydrogen) atoms. The molecule has 4 nitrogen and oxygen atoms in total. The SMILES string of the molecule is C=CCN(CC(=O)O)C(=O)C(C)(C)CC. The molecule has 0 fully saturated rings. The van der Waals surface area contributed by atoms with Gasteiger partial charge in [0.1, 0.15) is 6.54 Å². The van der Waals surface area contributed by atoms with E-state index in [4.69, 9.17) is 5.11 Å². The highest BCUT2D eigenvalue weighted by Crippen LogP contribution is 2.22. The number of carboxylic acids is 1. The Morgan fingerprint density at radius 1 is 1.47 bits per heavy atom. The maximum atomic E-state index is 11.9. The van der Waals surface area contributed by atoms with E-state index in [0.29, 0.717) is 6.42 Å². The van der Waals surface area contributed by atoms with Crippen LogP contribution in [0.1, 0.15) is 27.2 Å². The number of hydrogen-bond donors (Lipinski definition) is 1. The number of carbonyl (C=O) groups excluding carboxylic acids is 1. The Morgan fingerprint density at radius 3 is 2.33 bits per heavy atom. The third-order valence-electron chi connectivity index (χ3n) is 2.43. The maximum Gasteiger partial charge on any atom is 0.323 e. The summed E-state index contributed by atoms with van der Waals surface area (Å²) in [5.41, 5.74) is -0.515. The number of amides is 1. The zero-order valence-corrected chi connectivity index (χ0v) is 9.62. The van der Waals surface area contributed by atoms with Crippen molar-refractivity contribution in [2.45, 2.75) is 27.2 Å². The molecule has 0 spiro atoms. The smallest absolute Gasteiger partial charge is 0.323 e. The zero-order chi connectivity index (χ0) is 12.1. The predicted molar refractivity (Wildman–Crippen MR) is 58.5 cm³/mol. The molecule has 0 saturated carbocycles. The second kappa shape index (κ2) is 5.53. The van der Waals surface area contributed by atoms with Crippen LogP contribution in [0.5, 0.6) is 0 Å². The average Bonchev–Trinajstić information content (AvgIpc) is 2.15. The molecule has 1 amide bonds. The molecule has 0 rings (SSSR count). The van der Waals surface area contributed by atoms with Gasteiger partial charge in [0, 0.05) is 12.0 Å². The van der Waals surface area contributed by atoms with Crippen LogP contribution >= 0.6 is 0 Å². The monoisotopic (exact) mass is 213 g/mol. The van der Waals surface area contributed by atoms with Crippen LogP contribution in [0.4, 0.5) is 0 Å². The van der Waals surface area contributed by atoms with Crippen molar-refractivity contribution in [3.63, 3.8) is 0 Å². The van der Waals surface area contributed by atoms with Crippen molar-refractivity contribution in [1.82, 2.24) is 4.90 Å². The fourth-order valence-electron chi connectivity index (χ4n) is 1.12. The molecule has 0 bridgehead atoms. The summed E-state index contributed by atoms with van der Waals surface area (Å²) in [7, 11) is 0. The molecule has 0 aromatic heterocycles. The second-order valence-electron chi connectivity index (χ2n) is 4.11. The molecule has 1 N–H and O–H groups in total. The van der Waals surface area contributed by atoms with Crippen LogP contribution in [0.3, 0.4) is 0 Å². The van der Waals surface area contributed by atoms with Gasteiger partial charge in [0.15, 0.2) is 0 Å². The highest BCUT2D eigenvalue weighted by molar-refractivity contribution is 5.85. The Morgan fingerprint density at radius 2 is 2.00 bits per heavy atom. The van der Waals surface area contributed by atoms with Crippen molar-refractivity contribution in [2.75, 3.05) is 13.1 Å². The van der Waals surface area contributed by atoms with Gasteiger partial charge >= 0.3 is 5.97 Å². The lowest BCUT2D eigenvalue weighted by Gasteiger charge is -2.29. The van der Waals surface area contributed by atoms with E-state index in [1.165, 1.54) is 11.0 Å². The number of rotatable bonds is 6. The van der Waals surface area contributed by atoms with Crippen molar-refractivity contribution in [1.29, 1.82) is 0 Å². The highest BCUT2D eigenvalue weighted by atomic mass is 16.4. The minimum atomic E-state index is -1.00. The lowest BCUT2D eigenvalue weighted by Crippen LogP contribution is -2.43. The summed E-state index contributed by atoms with van der Waals surface area (Å²) in [6, 6.07) is 0. The first-order valence-corrected chi connectivity index (χ1v) is 4.97. The number of aliphatic carboxylic acids is 1. The number of carbonyl (C=O) groups is 2. The third kappa shape index (κ3) is 4.14. The molecule has 86 valence electrons. The average molecular weight is 213 g/mol. The summed E-state index contributed by atoms with van der Waals surface area (Å²) >= 11 is 0. The van der Waals surface area contributed by atoms with Crippen LogP contribution in [-0.4, -0.2) is 35.0 Å². The van der Waals surface area contributed by atoms with Crippen molar-refractivity contribution < 1.29 is 14.7 Å². The van der Waals surface area contributed by atoms with Gasteiger partial charge in [-0.3, -0.25) is 9.59 Å². The molecule has 0 aliphatic rings. The van der Waals surface area contributed by atoms with Crippen molar-refractivity contribution in [3.8, 4) is 0 Å². The van der Waals surface area contributed by atoms with E-state index < -0.39 is 11.4 Å². The van der Waals surface area contributed by atoms with E-state index in [0.717, 1.165) is 0 Å². The van der Waals surface area contributed by atoms with Gasteiger partial charge in [0.25, 0.3) is 0 Å². The molecule has 0 saturated heterocycles.